The van der Waals surface area contributed by atoms with Crippen LogP contribution in [0.15, 0.2) is 58.1 Å². The highest BCUT2D eigenvalue weighted by Gasteiger charge is 2.21. The Hall–Kier alpha value is -4.03. The van der Waals surface area contributed by atoms with Gasteiger partial charge in [-0.3, -0.25) is 9.20 Å². The van der Waals surface area contributed by atoms with Gasteiger partial charge in [0.05, 0.1) is 23.8 Å². The number of nitrogens with one attached hydrogen (secondary N) is 1. The molecule has 9 nitrogen and oxygen atoms in total. The molecule has 0 radical (unpaired) electrons. The topological polar surface area (TPSA) is 118 Å². The van der Waals surface area contributed by atoms with Crippen molar-refractivity contribution in [2.45, 2.75) is 25.9 Å². The molecule has 12 heteroatoms. The van der Waals surface area contributed by atoms with Crippen molar-refractivity contribution in [1.29, 1.82) is 0 Å². The summed E-state index contributed by atoms with van der Waals surface area (Å²) in [4.78, 5) is 25.8. The molecule has 0 bridgehead atoms. The van der Waals surface area contributed by atoms with Crippen molar-refractivity contribution in [3.63, 3.8) is 0 Å². The Kier molecular flexibility index (Phi) is 6.05. The minimum absolute atomic E-state index is 0.110. The van der Waals surface area contributed by atoms with Gasteiger partial charge >= 0.3 is 0 Å². The molecule has 1 aromatic carbocycles. The van der Waals surface area contributed by atoms with Gasteiger partial charge in [-0.05, 0) is 30.7 Å². The van der Waals surface area contributed by atoms with Gasteiger partial charge in [-0.1, -0.05) is 17.3 Å². The monoisotopic (exact) mass is 496 g/mol. The lowest BCUT2D eigenvalue weighted by Crippen LogP contribution is -2.20. The van der Waals surface area contributed by atoms with E-state index < -0.39 is 19.0 Å². The zero-order valence-corrected chi connectivity index (χ0v) is 19.0. The summed E-state index contributed by atoms with van der Waals surface area (Å²) in [5.41, 5.74) is 6.27. The quantitative estimate of drug-likeness (QED) is 0.346. The number of rotatable bonds is 7. The van der Waals surface area contributed by atoms with Crippen LogP contribution in [-0.2, 0) is 6.42 Å². The summed E-state index contributed by atoms with van der Waals surface area (Å²) in [7, 11) is 0. The molecule has 0 unspecified atom stereocenters. The summed E-state index contributed by atoms with van der Waals surface area (Å²) in [5, 5.41) is 17.9. The Labute approximate surface area is 201 Å². The van der Waals surface area contributed by atoms with E-state index in [4.69, 9.17) is 4.52 Å². The van der Waals surface area contributed by atoms with E-state index in [1.165, 1.54) is 17.5 Å². The molecule has 0 spiro atoms. The summed E-state index contributed by atoms with van der Waals surface area (Å²) in [6.07, 6.45) is -2.00. The number of carbonyl (C=O) groups excluding carboxylic acids is 1. The van der Waals surface area contributed by atoms with Crippen LogP contribution >= 0.6 is 11.3 Å². The third-order valence-electron chi connectivity index (χ3n) is 5.36. The minimum atomic E-state index is -2.91. The first-order valence-electron chi connectivity index (χ1n) is 10.5. The fourth-order valence-electron chi connectivity index (χ4n) is 3.47. The number of alkyl halides is 2. The lowest BCUT2D eigenvalue weighted by Gasteiger charge is -2.10. The van der Waals surface area contributed by atoms with Crippen molar-refractivity contribution in [1.82, 2.24) is 24.5 Å². The van der Waals surface area contributed by atoms with E-state index >= 15 is 0 Å². The minimum Gasteiger partial charge on any atom is -0.387 e. The number of amides is 1. The molecule has 0 saturated heterocycles. The van der Waals surface area contributed by atoms with Gasteiger partial charge in [0.2, 0.25) is 11.7 Å². The van der Waals surface area contributed by atoms with Gasteiger partial charge in [0, 0.05) is 28.4 Å². The molecule has 1 atom stereocenters. The summed E-state index contributed by atoms with van der Waals surface area (Å²) in [6.45, 7) is 1.83. The van der Waals surface area contributed by atoms with Crippen LogP contribution in [-0.4, -0.2) is 48.1 Å². The van der Waals surface area contributed by atoms with Gasteiger partial charge in [0.25, 0.3) is 12.3 Å². The largest absolute Gasteiger partial charge is 0.387 e. The average Bonchev–Trinajstić information content (AvgIpc) is 3.61. The molecule has 4 heterocycles. The molecule has 4 aromatic heterocycles. The van der Waals surface area contributed by atoms with E-state index in [1.54, 1.807) is 34.3 Å². The number of halogens is 2. The molecule has 0 saturated carbocycles. The molecule has 5 rings (SSSR count). The lowest BCUT2D eigenvalue weighted by atomic mass is 10.1. The highest BCUT2D eigenvalue weighted by atomic mass is 32.1. The van der Waals surface area contributed by atoms with E-state index in [1.807, 2.05) is 24.4 Å². The van der Waals surface area contributed by atoms with E-state index in [0.717, 1.165) is 16.8 Å². The molecular weight excluding hydrogens is 478 g/mol. The Morgan fingerprint density at radius 2 is 2.09 bits per heavy atom. The predicted octanol–water partition coefficient (Wildman–Crippen LogP) is 4.24. The standard InChI is InChI=1S/C23H18F2N6O3S/c1-12-2-3-14(22-29-20(34-30-22)8-18(32)21(24)25)6-15(12)28-23(33)17-9-26-19-7-13(4-5-31(17)19)16-10-35-11-27-16/h2-7,9-11,18,21,32H,8H2,1H3,(H,28,33)/t18-/m0/s1. The smallest absolute Gasteiger partial charge is 0.274 e. The number of imidazole rings is 1. The normalized spacial score (nSPS) is 12.4. The number of fused-ring (bicyclic) bond motifs is 1. The summed E-state index contributed by atoms with van der Waals surface area (Å²) in [5.74, 6) is -0.323. The highest BCUT2D eigenvalue weighted by Crippen LogP contribution is 2.25. The number of hydrogen-bond donors (Lipinski definition) is 2. The fourth-order valence-corrected chi connectivity index (χ4v) is 4.03. The predicted molar refractivity (Wildman–Crippen MR) is 124 cm³/mol. The third-order valence-corrected chi connectivity index (χ3v) is 5.95. The Bertz CT molecular complexity index is 1500. The van der Waals surface area contributed by atoms with Gasteiger partial charge in [0.1, 0.15) is 17.4 Å². The van der Waals surface area contributed by atoms with E-state index in [2.05, 4.69) is 25.4 Å². The fraction of sp³-hybridized carbons (Fsp3) is 0.174. The lowest BCUT2D eigenvalue weighted by molar-refractivity contribution is -0.00754. The number of anilines is 1. The summed E-state index contributed by atoms with van der Waals surface area (Å²) >= 11 is 1.50. The molecule has 0 aliphatic rings. The molecule has 178 valence electrons. The van der Waals surface area contributed by atoms with E-state index in [0.29, 0.717) is 22.6 Å². The van der Waals surface area contributed by atoms with Crippen LogP contribution in [0.2, 0.25) is 0 Å². The van der Waals surface area contributed by atoms with Crippen molar-refractivity contribution in [3.05, 3.63) is 70.8 Å². The third kappa shape index (κ3) is 4.66. The van der Waals surface area contributed by atoms with Gasteiger partial charge in [-0.25, -0.2) is 18.7 Å². The first kappa shape index (κ1) is 22.7. The number of benzene rings is 1. The number of thiazole rings is 1. The molecule has 35 heavy (non-hydrogen) atoms. The molecule has 5 aromatic rings. The SMILES string of the molecule is Cc1ccc(-c2noc(C[C@H](O)C(F)F)n2)cc1NC(=O)c1cnc2cc(-c3cscn3)ccn12. The highest BCUT2D eigenvalue weighted by molar-refractivity contribution is 7.07. The van der Waals surface area contributed by atoms with Crippen LogP contribution in [0.5, 0.6) is 0 Å². The zero-order chi connectivity index (χ0) is 24.5. The number of carbonyl (C=O) groups is 1. The van der Waals surface area contributed by atoms with Crippen LogP contribution in [0.25, 0.3) is 28.3 Å². The zero-order valence-electron chi connectivity index (χ0n) is 18.2. The first-order chi connectivity index (χ1) is 16.9. The van der Waals surface area contributed by atoms with Crippen molar-refractivity contribution >= 4 is 28.6 Å². The Morgan fingerprint density at radius 1 is 1.23 bits per heavy atom. The number of aliphatic hydroxyl groups is 1. The van der Waals surface area contributed by atoms with Crippen LogP contribution < -0.4 is 5.32 Å². The molecule has 0 aliphatic heterocycles. The van der Waals surface area contributed by atoms with Crippen LogP contribution in [0.3, 0.4) is 0 Å². The maximum atomic E-state index is 13.1. The van der Waals surface area contributed by atoms with Crippen LogP contribution in [0.1, 0.15) is 21.9 Å². The van der Waals surface area contributed by atoms with Gasteiger partial charge in [-0.2, -0.15) is 4.98 Å². The number of aryl methyl sites for hydroxylation is 1. The number of aromatic nitrogens is 5. The second-order valence-corrected chi connectivity index (χ2v) is 8.48. The maximum Gasteiger partial charge on any atom is 0.274 e. The van der Waals surface area contributed by atoms with Crippen LogP contribution in [0, 0.1) is 6.92 Å². The number of pyridine rings is 1. The second-order valence-electron chi connectivity index (χ2n) is 7.76. The second kappa shape index (κ2) is 9.31. The van der Waals surface area contributed by atoms with E-state index in [9.17, 15) is 18.7 Å². The van der Waals surface area contributed by atoms with Crippen molar-refractivity contribution in [3.8, 4) is 22.6 Å². The van der Waals surface area contributed by atoms with E-state index in [-0.39, 0.29) is 17.6 Å². The number of aliphatic hydroxyl groups excluding tert-OH is 1. The maximum absolute atomic E-state index is 13.1. The van der Waals surface area contributed by atoms with Crippen molar-refractivity contribution in [2.75, 3.05) is 5.32 Å². The molecule has 2 N–H and O–H groups in total. The van der Waals surface area contributed by atoms with Crippen molar-refractivity contribution < 1.29 is 23.2 Å². The summed E-state index contributed by atoms with van der Waals surface area (Å²) < 4.78 is 31.8. The number of hydrogen-bond acceptors (Lipinski definition) is 8. The molecule has 1 amide bonds. The Morgan fingerprint density at radius 3 is 2.86 bits per heavy atom. The molecule has 0 aliphatic carbocycles. The average molecular weight is 496 g/mol. The Balaban J connectivity index is 1.37. The summed E-state index contributed by atoms with van der Waals surface area (Å²) in [6, 6.07) is 8.87. The van der Waals surface area contributed by atoms with Gasteiger partial charge in [0.15, 0.2) is 0 Å². The molecule has 0 fully saturated rings. The van der Waals surface area contributed by atoms with Crippen molar-refractivity contribution in [2.24, 2.45) is 0 Å². The number of nitrogens with zero attached hydrogens (tertiary/aromatic N) is 5. The first-order valence-corrected chi connectivity index (χ1v) is 11.4. The van der Waals surface area contributed by atoms with Gasteiger partial charge < -0.3 is 14.9 Å². The molecular formula is C23H18F2N6O3S. The van der Waals surface area contributed by atoms with Crippen LogP contribution in [0.4, 0.5) is 14.5 Å². The van der Waals surface area contributed by atoms with Gasteiger partial charge in [-0.15, -0.1) is 11.3 Å².